The van der Waals surface area contributed by atoms with Crippen LogP contribution in [0.2, 0.25) is 0 Å². The second kappa shape index (κ2) is 4.71. The Bertz CT molecular complexity index is 644. The number of thiophene rings is 2. The minimum atomic E-state index is -0.210. The van der Waals surface area contributed by atoms with Crippen LogP contribution in [0.3, 0.4) is 0 Å². The van der Waals surface area contributed by atoms with E-state index >= 15 is 0 Å². The lowest BCUT2D eigenvalue weighted by molar-refractivity contribution is 0.102. The van der Waals surface area contributed by atoms with E-state index in [0.29, 0.717) is 16.4 Å². The van der Waals surface area contributed by atoms with Crippen LogP contribution in [0.4, 0.5) is 5.82 Å². The predicted molar refractivity (Wildman–Crippen MR) is 69.9 cm³/mol. The number of carbonyl (C=O) groups excluding carboxylic acids is 1. The second-order valence-corrected chi connectivity index (χ2v) is 5.27. The molecule has 18 heavy (non-hydrogen) atoms. The molecule has 0 bridgehead atoms. The number of carbonyl (C=O) groups is 1. The molecule has 0 saturated carbocycles. The molecule has 3 aromatic rings. The summed E-state index contributed by atoms with van der Waals surface area (Å²) in [5.41, 5.74) is 0.551. The number of nitrogens with zero attached hydrogens (tertiary/aromatic N) is 2. The van der Waals surface area contributed by atoms with Gasteiger partial charge in [-0.05, 0) is 33.2 Å². The van der Waals surface area contributed by atoms with Gasteiger partial charge in [0.15, 0.2) is 5.69 Å². The average Bonchev–Trinajstić information content (AvgIpc) is 3.11. The molecule has 0 saturated heterocycles. The summed E-state index contributed by atoms with van der Waals surface area (Å²) >= 11 is 2.88. The van der Waals surface area contributed by atoms with Gasteiger partial charge in [0.05, 0.1) is 9.75 Å². The molecule has 0 atom stereocenters. The molecule has 0 aliphatic rings. The highest BCUT2D eigenvalue weighted by atomic mass is 32.1. The van der Waals surface area contributed by atoms with Crippen molar-refractivity contribution >= 4 is 34.4 Å². The Morgan fingerprint density at radius 2 is 2.00 bits per heavy atom. The lowest BCUT2D eigenvalue weighted by Crippen LogP contribution is -2.10. The van der Waals surface area contributed by atoms with Crippen molar-refractivity contribution in [3.8, 4) is 10.6 Å². The van der Waals surface area contributed by atoms with E-state index < -0.39 is 0 Å². The van der Waals surface area contributed by atoms with Crippen molar-refractivity contribution in [3.05, 3.63) is 39.9 Å². The summed E-state index contributed by atoms with van der Waals surface area (Å²) in [4.78, 5) is 13.4. The topological polar surface area (TPSA) is 68.0 Å². The number of hydrogen-bond donors (Lipinski definition) is 1. The number of aromatic nitrogens is 2. The third-order valence-corrected chi connectivity index (χ3v) is 3.97. The molecule has 0 fully saturated rings. The van der Waals surface area contributed by atoms with Gasteiger partial charge in [-0.1, -0.05) is 12.1 Å². The third-order valence-electron chi connectivity index (χ3n) is 2.22. The van der Waals surface area contributed by atoms with Crippen molar-refractivity contribution in [2.24, 2.45) is 0 Å². The maximum absolute atomic E-state index is 11.9. The van der Waals surface area contributed by atoms with E-state index in [1.807, 2.05) is 29.0 Å². The summed E-state index contributed by atoms with van der Waals surface area (Å²) in [5, 5.41) is 14.0. The maximum Gasteiger partial charge on any atom is 0.267 e. The van der Waals surface area contributed by atoms with E-state index in [4.69, 9.17) is 0 Å². The normalized spacial score (nSPS) is 10.4. The molecule has 7 heteroatoms. The second-order valence-electron chi connectivity index (χ2n) is 3.37. The molecule has 0 aliphatic heterocycles. The Balaban J connectivity index is 1.86. The minimum Gasteiger partial charge on any atom is -0.301 e. The molecule has 0 spiro atoms. The van der Waals surface area contributed by atoms with Gasteiger partial charge >= 0.3 is 0 Å². The molecule has 3 rings (SSSR count). The third kappa shape index (κ3) is 2.05. The number of nitrogens with one attached hydrogen (secondary N) is 1. The van der Waals surface area contributed by atoms with Crippen LogP contribution in [-0.2, 0) is 0 Å². The highest BCUT2D eigenvalue weighted by Gasteiger charge is 2.16. The van der Waals surface area contributed by atoms with E-state index in [1.54, 1.807) is 6.07 Å². The number of anilines is 1. The van der Waals surface area contributed by atoms with Crippen molar-refractivity contribution in [1.29, 1.82) is 0 Å². The Labute approximate surface area is 110 Å². The smallest absolute Gasteiger partial charge is 0.267 e. The van der Waals surface area contributed by atoms with Gasteiger partial charge in [0.25, 0.3) is 5.91 Å². The number of hydrogen-bond acceptors (Lipinski definition) is 6. The molecule has 5 nitrogen and oxygen atoms in total. The Morgan fingerprint density at radius 3 is 2.72 bits per heavy atom. The monoisotopic (exact) mass is 277 g/mol. The van der Waals surface area contributed by atoms with E-state index in [0.717, 1.165) is 4.88 Å². The van der Waals surface area contributed by atoms with Crippen molar-refractivity contribution in [2.45, 2.75) is 0 Å². The molecule has 0 radical (unpaired) electrons. The highest BCUT2D eigenvalue weighted by Crippen LogP contribution is 2.28. The zero-order valence-electron chi connectivity index (χ0n) is 8.99. The molecule has 0 aliphatic carbocycles. The fraction of sp³-hybridized carbons (Fsp3) is 0. The van der Waals surface area contributed by atoms with E-state index in [-0.39, 0.29) is 5.91 Å². The molecule has 0 unspecified atom stereocenters. The molecule has 3 heterocycles. The Hall–Kier alpha value is -1.99. The van der Waals surface area contributed by atoms with Crippen LogP contribution in [0.5, 0.6) is 0 Å². The van der Waals surface area contributed by atoms with Crippen LogP contribution in [0.15, 0.2) is 39.7 Å². The van der Waals surface area contributed by atoms with Crippen LogP contribution < -0.4 is 5.32 Å². The van der Waals surface area contributed by atoms with Crippen LogP contribution in [-0.4, -0.2) is 16.2 Å². The van der Waals surface area contributed by atoms with Crippen molar-refractivity contribution in [2.75, 3.05) is 5.32 Å². The summed E-state index contributed by atoms with van der Waals surface area (Å²) in [7, 11) is 0. The Kier molecular flexibility index (Phi) is 2.91. The first-order valence-electron chi connectivity index (χ1n) is 5.06. The van der Waals surface area contributed by atoms with E-state index in [9.17, 15) is 4.79 Å². The SMILES string of the molecule is O=C(Nc1nonc1-c1cccs1)c1cccs1. The van der Waals surface area contributed by atoms with Gasteiger partial charge in [-0.2, -0.15) is 0 Å². The first kappa shape index (κ1) is 11.1. The quantitative estimate of drug-likeness (QED) is 0.798. The first-order chi connectivity index (χ1) is 8.84. The van der Waals surface area contributed by atoms with E-state index in [2.05, 4.69) is 20.3 Å². The lowest BCUT2D eigenvalue weighted by Gasteiger charge is -1.99. The predicted octanol–water partition coefficient (Wildman–Crippen LogP) is 3.11. The van der Waals surface area contributed by atoms with Crippen LogP contribution >= 0.6 is 22.7 Å². The first-order valence-corrected chi connectivity index (χ1v) is 6.82. The zero-order chi connectivity index (χ0) is 12.4. The standard InChI is InChI=1S/C11H7N3O2S2/c15-11(8-4-2-6-18-8)12-10-9(13-16-14-10)7-3-1-5-17-7/h1-6H,(H,12,14,15). The average molecular weight is 277 g/mol. The number of amides is 1. The molecule has 1 amide bonds. The molecular formula is C11H7N3O2S2. The van der Waals surface area contributed by atoms with Gasteiger partial charge in [-0.3, -0.25) is 4.79 Å². The van der Waals surface area contributed by atoms with Crippen molar-refractivity contribution in [3.63, 3.8) is 0 Å². The minimum absolute atomic E-state index is 0.210. The van der Waals surface area contributed by atoms with Gasteiger partial charge < -0.3 is 5.32 Å². The Morgan fingerprint density at radius 1 is 1.17 bits per heavy atom. The summed E-state index contributed by atoms with van der Waals surface area (Å²) in [5.74, 6) is 0.134. The molecule has 0 aromatic carbocycles. The lowest BCUT2D eigenvalue weighted by atomic mass is 10.3. The molecular weight excluding hydrogens is 270 g/mol. The fourth-order valence-corrected chi connectivity index (χ4v) is 2.75. The van der Waals surface area contributed by atoms with Gasteiger partial charge in [0, 0.05) is 0 Å². The summed E-state index contributed by atoms with van der Waals surface area (Å²) in [6.45, 7) is 0. The summed E-state index contributed by atoms with van der Waals surface area (Å²) < 4.78 is 4.68. The fourth-order valence-electron chi connectivity index (χ4n) is 1.42. The largest absolute Gasteiger partial charge is 0.301 e. The zero-order valence-corrected chi connectivity index (χ0v) is 10.6. The van der Waals surface area contributed by atoms with E-state index in [1.165, 1.54) is 22.7 Å². The molecule has 90 valence electrons. The summed E-state index contributed by atoms with van der Waals surface area (Å²) in [6, 6.07) is 7.36. The van der Waals surface area contributed by atoms with Gasteiger partial charge in [0.1, 0.15) is 0 Å². The highest BCUT2D eigenvalue weighted by molar-refractivity contribution is 7.13. The van der Waals surface area contributed by atoms with Gasteiger partial charge in [-0.15, -0.1) is 22.7 Å². The van der Waals surface area contributed by atoms with Crippen LogP contribution in [0.25, 0.3) is 10.6 Å². The van der Waals surface area contributed by atoms with Crippen molar-refractivity contribution in [1.82, 2.24) is 10.3 Å². The van der Waals surface area contributed by atoms with Crippen LogP contribution in [0.1, 0.15) is 9.67 Å². The molecule has 3 aromatic heterocycles. The maximum atomic E-state index is 11.9. The molecule has 1 N–H and O–H groups in total. The van der Waals surface area contributed by atoms with Gasteiger partial charge in [0.2, 0.25) is 5.82 Å². The summed E-state index contributed by atoms with van der Waals surface area (Å²) in [6.07, 6.45) is 0. The van der Waals surface area contributed by atoms with Crippen LogP contribution in [0, 0.1) is 0 Å². The van der Waals surface area contributed by atoms with Gasteiger partial charge in [-0.25, -0.2) is 4.63 Å². The van der Waals surface area contributed by atoms with Crippen molar-refractivity contribution < 1.29 is 9.42 Å². The number of rotatable bonds is 3.